The summed E-state index contributed by atoms with van der Waals surface area (Å²) >= 11 is 5.93. The summed E-state index contributed by atoms with van der Waals surface area (Å²) < 4.78 is 5.47. The summed E-state index contributed by atoms with van der Waals surface area (Å²) in [5.74, 6) is 1.30. The van der Waals surface area contributed by atoms with Crippen molar-refractivity contribution in [2.75, 3.05) is 25.1 Å². The Bertz CT molecular complexity index is 472. The number of piperidine rings is 1. The minimum Gasteiger partial charge on any atom is -0.379 e. The third-order valence-corrected chi connectivity index (χ3v) is 3.62. The predicted octanol–water partition coefficient (Wildman–Crippen LogP) is 2.47. The Morgan fingerprint density at radius 1 is 1.56 bits per heavy atom. The van der Waals surface area contributed by atoms with Crippen molar-refractivity contribution in [1.29, 1.82) is 5.26 Å². The van der Waals surface area contributed by atoms with Gasteiger partial charge in [-0.2, -0.15) is 5.26 Å². The summed E-state index contributed by atoms with van der Waals surface area (Å²) in [6, 6.07) is 5.45. The van der Waals surface area contributed by atoms with E-state index in [1.807, 2.05) is 0 Å². The zero-order valence-corrected chi connectivity index (χ0v) is 11.3. The molecule has 0 amide bonds. The largest absolute Gasteiger partial charge is 0.379 e. The summed E-state index contributed by atoms with van der Waals surface area (Å²) in [7, 11) is 1.73. The first kappa shape index (κ1) is 13.1. The molecule has 0 aromatic carbocycles. The van der Waals surface area contributed by atoms with Crippen LogP contribution < -0.4 is 4.90 Å². The molecule has 0 spiro atoms. The minimum atomic E-state index is 0.199. The fraction of sp³-hybridized carbons (Fsp3) is 0.538. The number of pyridine rings is 1. The quantitative estimate of drug-likeness (QED) is 0.771. The highest BCUT2D eigenvalue weighted by molar-refractivity contribution is 6.29. The van der Waals surface area contributed by atoms with Gasteiger partial charge in [0.1, 0.15) is 11.0 Å². The van der Waals surface area contributed by atoms with Gasteiger partial charge in [-0.25, -0.2) is 4.98 Å². The van der Waals surface area contributed by atoms with Crippen LogP contribution in [0.15, 0.2) is 12.1 Å². The normalized spacial score (nSPS) is 23.8. The van der Waals surface area contributed by atoms with E-state index in [1.54, 1.807) is 19.2 Å². The summed E-state index contributed by atoms with van der Waals surface area (Å²) in [5, 5.41) is 9.30. The number of rotatable bonds is 2. The number of hydrogen-bond donors (Lipinski definition) is 0. The Morgan fingerprint density at radius 2 is 2.33 bits per heavy atom. The molecule has 0 N–H and O–H groups in total. The Morgan fingerprint density at radius 3 is 3.00 bits per heavy atom. The number of methoxy groups -OCH3 is 1. The van der Waals surface area contributed by atoms with E-state index in [2.05, 4.69) is 22.9 Å². The van der Waals surface area contributed by atoms with Crippen LogP contribution in [0.2, 0.25) is 5.15 Å². The van der Waals surface area contributed by atoms with Crippen molar-refractivity contribution >= 4 is 17.4 Å². The van der Waals surface area contributed by atoms with Crippen molar-refractivity contribution in [1.82, 2.24) is 4.98 Å². The van der Waals surface area contributed by atoms with E-state index in [-0.39, 0.29) is 6.10 Å². The lowest BCUT2D eigenvalue weighted by Gasteiger charge is -2.36. The maximum absolute atomic E-state index is 8.95. The van der Waals surface area contributed by atoms with Crippen LogP contribution in [0.4, 0.5) is 5.82 Å². The van der Waals surface area contributed by atoms with Gasteiger partial charge in [0.2, 0.25) is 0 Å². The first-order chi connectivity index (χ1) is 8.63. The number of hydrogen-bond acceptors (Lipinski definition) is 4. The Kier molecular flexibility index (Phi) is 4.05. The van der Waals surface area contributed by atoms with Crippen LogP contribution in [0, 0.1) is 17.2 Å². The summed E-state index contributed by atoms with van der Waals surface area (Å²) in [4.78, 5) is 6.41. The number of anilines is 1. The third kappa shape index (κ3) is 2.74. The molecule has 1 aromatic rings. The van der Waals surface area contributed by atoms with Crippen LogP contribution in [0.1, 0.15) is 18.9 Å². The summed E-state index contributed by atoms with van der Waals surface area (Å²) in [5.41, 5.74) is 0.539. The lowest BCUT2D eigenvalue weighted by molar-refractivity contribution is 0.0496. The molecule has 1 aliphatic heterocycles. The summed E-state index contributed by atoms with van der Waals surface area (Å²) in [6.07, 6.45) is 1.25. The molecule has 0 radical (unpaired) electrons. The molecule has 4 nitrogen and oxygen atoms in total. The predicted molar refractivity (Wildman–Crippen MR) is 70.8 cm³/mol. The molecule has 0 bridgehead atoms. The number of nitrogens with zero attached hydrogens (tertiary/aromatic N) is 3. The molecule has 2 rings (SSSR count). The molecular formula is C13H16ClN3O. The fourth-order valence-electron chi connectivity index (χ4n) is 2.26. The first-order valence-electron chi connectivity index (χ1n) is 5.99. The van der Waals surface area contributed by atoms with Crippen LogP contribution in [-0.4, -0.2) is 31.3 Å². The number of halogens is 1. The molecule has 0 aliphatic carbocycles. The van der Waals surface area contributed by atoms with E-state index < -0.39 is 0 Å². The van der Waals surface area contributed by atoms with Crippen LogP contribution in [0.25, 0.3) is 0 Å². The van der Waals surface area contributed by atoms with Gasteiger partial charge in [-0.15, -0.1) is 0 Å². The molecule has 1 fully saturated rings. The van der Waals surface area contributed by atoms with E-state index in [0.29, 0.717) is 16.6 Å². The maximum Gasteiger partial charge on any atom is 0.132 e. The number of nitriles is 1. The molecule has 5 heteroatoms. The average molecular weight is 266 g/mol. The van der Waals surface area contributed by atoms with Gasteiger partial charge in [0.25, 0.3) is 0 Å². The Hall–Kier alpha value is -1.31. The fourth-order valence-corrected chi connectivity index (χ4v) is 2.46. The minimum absolute atomic E-state index is 0.199. The van der Waals surface area contributed by atoms with Gasteiger partial charge in [-0.3, -0.25) is 0 Å². The SMILES string of the molecule is COC1CN(c2cc(C#N)cc(Cl)n2)CCC1C. The Balaban J connectivity index is 2.22. The van der Waals surface area contributed by atoms with E-state index in [0.717, 1.165) is 25.3 Å². The van der Waals surface area contributed by atoms with Crippen molar-refractivity contribution in [2.24, 2.45) is 5.92 Å². The summed E-state index contributed by atoms with van der Waals surface area (Å²) in [6.45, 7) is 3.90. The molecule has 1 saturated heterocycles. The molecule has 1 aliphatic rings. The van der Waals surface area contributed by atoms with Gasteiger partial charge in [-0.05, 0) is 24.5 Å². The molecule has 2 atom stereocenters. The van der Waals surface area contributed by atoms with Crippen LogP contribution in [0.5, 0.6) is 0 Å². The molecule has 2 heterocycles. The number of ether oxygens (including phenoxy) is 1. The maximum atomic E-state index is 8.95. The Labute approximate surface area is 112 Å². The lowest BCUT2D eigenvalue weighted by atomic mass is 9.96. The average Bonchev–Trinajstić information content (AvgIpc) is 2.38. The van der Waals surface area contributed by atoms with Crippen LogP contribution >= 0.6 is 11.6 Å². The van der Waals surface area contributed by atoms with Crippen molar-refractivity contribution in [3.63, 3.8) is 0 Å². The molecular weight excluding hydrogens is 250 g/mol. The van der Waals surface area contributed by atoms with Crippen LogP contribution in [0.3, 0.4) is 0 Å². The highest BCUT2D eigenvalue weighted by atomic mass is 35.5. The van der Waals surface area contributed by atoms with E-state index in [1.165, 1.54) is 0 Å². The smallest absolute Gasteiger partial charge is 0.132 e. The van der Waals surface area contributed by atoms with Gasteiger partial charge in [-0.1, -0.05) is 18.5 Å². The monoisotopic (exact) mass is 265 g/mol. The second-order valence-electron chi connectivity index (χ2n) is 4.63. The zero-order valence-electron chi connectivity index (χ0n) is 10.6. The van der Waals surface area contributed by atoms with E-state index in [4.69, 9.17) is 21.6 Å². The van der Waals surface area contributed by atoms with Gasteiger partial charge in [0.15, 0.2) is 0 Å². The van der Waals surface area contributed by atoms with Gasteiger partial charge in [0.05, 0.1) is 17.7 Å². The number of aromatic nitrogens is 1. The van der Waals surface area contributed by atoms with Gasteiger partial charge >= 0.3 is 0 Å². The highest BCUT2D eigenvalue weighted by Crippen LogP contribution is 2.25. The second-order valence-corrected chi connectivity index (χ2v) is 5.02. The molecule has 1 aromatic heterocycles. The van der Waals surface area contributed by atoms with E-state index in [9.17, 15) is 0 Å². The first-order valence-corrected chi connectivity index (χ1v) is 6.37. The van der Waals surface area contributed by atoms with Crippen molar-refractivity contribution < 1.29 is 4.74 Å². The molecule has 2 unspecified atom stereocenters. The van der Waals surface area contributed by atoms with Crippen LogP contribution in [-0.2, 0) is 4.74 Å². The standard InChI is InChI=1S/C13H16ClN3O/c1-9-3-4-17(8-11(9)18-2)13-6-10(7-15)5-12(14)16-13/h5-6,9,11H,3-4,8H2,1-2H3. The highest BCUT2D eigenvalue weighted by Gasteiger charge is 2.26. The molecule has 0 saturated carbocycles. The topological polar surface area (TPSA) is 49.1 Å². The molecule has 18 heavy (non-hydrogen) atoms. The van der Waals surface area contributed by atoms with Crippen molar-refractivity contribution in [2.45, 2.75) is 19.4 Å². The third-order valence-electron chi connectivity index (χ3n) is 3.43. The van der Waals surface area contributed by atoms with Gasteiger partial charge < -0.3 is 9.64 Å². The van der Waals surface area contributed by atoms with E-state index >= 15 is 0 Å². The second kappa shape index (κ2) is 5.55. The molecule has 96 valence electrons. The lowest BCUT2D eigenvalue weighted by Crippen LogP contribution is -2.44. The zero-order chi connectivity index (χ0) is 13.1. The van der Waals surface area contributed by atoms with Crippen molar-refractivity contribution in [3.05, 3.63) is 22.8 Å². The van der Waals surface area contributed by atoms with Crippen molar-refractivity contribution in [3.8, 4) is 6.07 Å². The van der Waals surface area contributed by atoms with Gasteiger partial charge in [0, 0.05) is 20.2 Å².